The van der Waals surface area contributed by atoms with Crippen LogP contribution in [0.5, 0.6) is 0 Å². The molecule has 0 radical (unpaired) electrons. The number of nitrogens with one attached hydrogen (secondary N) is 2. The molecule has 18 heavy (non-hydrogen) atoms. The van der Waals surface area contributed by atoms with Crippen molar-refractivity contribution in [1.29, 1.82) is 0 Å². The van der Waals surface area contributed by atoms with Crippen LogP contribution in [0, 0.1) is 5.92 Å². The second kappa shape index (κ2) is 5.79. The lowest BCUT2D eigenvalue weighted by Crippen LogP contribution is -2.47. The third kappa shape index (κ3) is 3.29. The van der Waals surface area contributed by atoms with Gasteiger partial charge in [0, 0.05) is 25.5 Å². The number of nitrogens with zero attached hydrogens (tertiary/aromatic N) is 2. The summed E-state index contributed by atoms with van der Waals surface area (Å²) < 4.78 is 28.2. The summed E-state index contributed by atoms with van der Waals surface area (Å²) in [5, 5.41) is 0. The first-order chi connectivity index (χ1) is 8.62. The van der Waals surface area contributed by atoms with Gasteiger partial charge in [-0.15, -0.1) is 0 Å². The zero-order chi connectivity index (χ0) is 13.0. The molecule has 1 fully saturated rings. The molecule has 1 aliphatic rings. The van der Waals surface area contributed by atoms with Gasteiger partial charge in [0.15, 0.2) is 0 Å². The molecule has 0 aliphatic carbocycles. The van der Waals surface area contributed by atoms with E-state index in [1.807, 2.05) is 0 Å². The van der Waals surface area contributed by atoms with Crippen molar-refractivity contribution < 1.29 is 8.42 Å². The Morgan fingerprint density at radius 3 is 3.11 bits per heavy atom. The Hall–Kier alpha value is -0.960. The average molecular weight is 273 g/mol. The first-order valence-corrected chi connectivity index (χ1v) is 7.49. The topological polar surface area (TPSA) is 104 Å². The van der Waals surface area contributed by atoms with Gasteiger partial charge in [-0.05, 0) is 25.3 Å². The third-order valence-electron chi connectivity index (χ3n) is 3.13. The second-order valence-electron chi connectivity index (χ2n) is 4.46. The quantitative estimate of drug-likeness (QED) is 0.667. The number of hydrogen-bond donors (Lipinski definition) is 3. The van der Waals surface area contributed by atoms with Crippen molar-refractivity contribution in [3.63, 3.8) is 0 Å². The summed E-state index contributed by atoms with van der Waals surface area (Å²) in [6.45, 7) is 1.78. The Labute approximate surface area is 107 Å². The molecule has 4 N–H and O–H groups in total. The van der Waals surface area contributed by atoms with E-state index >= 15 is 0 Å². The van der Waals surface area contributed by atoms with Crippen LogP contribution in [0.2, 0.25) is 0 Å². The van der Waals surface area contributed by atoms with Crippen LogP contribution in [-0.4, -0.2) is 42.3 Å². The minimum atomic E-state index is -3.43. The van der Waals surface area contributed by atoms with Gasteiger partial charge in [-0.25, -0.2) is 4.98 Å². The fourth-order valence-electron chi connectivity index (χ4n) is 2.08. The summed E-state index contributed by atoms with van der Waals surface area (Å²) in [7, 11) is -3.43. The minimum Gasteiger partial charge on any atom is -0.347 e. The van der Waals surface area contributed by atoms with Crippen molar-refractivity contribution in [3.05, 3.63) is 18.2 Å². The molecule has 1 unspecified atom stereocenters. The monoisotopic (exact) mass is 273 g/mol. The Kier molecular flexibility index (Phi) is 4.33. The van der Waals surface area contributed by atoms with Gasteiger partial charge in [0.05, 0.1) is 6.54 Å². The van der Waals surface area contributed by atoms with E-state index < -0.39 is 10.2 Å². The summed E-state index contributed by atoms with van der Waals surface area (Å²) in [5.41, 5.74) is 5.60. The molecular formula is C10H19N5O2S. The number of imidazole rings is 1. The second-order valence-corrected chi connectivity index (χ2v) is 6.22. The summed E-state index contributed by atoms with van der Waals surface area (Å²) in [6.07, 6.45) is 5.12. The van der Waals surface area contributed by atoms with E-state index in [1.165, 1.54) is 4.31 Å². The molecule has 1 aromatic rings. The maximum Gasteiger partial charge on any atom is 0.279 e. The van der Waals surface area contributed by atoms with Gasteiger partial charge in [-0.1, -0.05) is 0 Å². The van der Waals surface area contributed by atoms with Crippen molar-refractivity contribution in [3.8, 4) is 0 Å². The first-order valence-electron chi connectivity index (χ1n) is 6.05. The number of rotatable bonds is 5. The van der Waals surface area contributed by atoms with E-state index in [1.54, 1.807) is 12.4 Å². The number of nitrogens with two attached hydrogens (primary N) is 1. The lowest BCUT2D eigenvalue weighted by atomic mass is 10.0. The normalized spacial score (nSPS) is 22.2. The molecule has 1 aromatic heterocycles. The van der Waals surface area contributed by atoms with Crippen molar-refractivity contribution >= 4 is 10.2 Å². The fourth-order valence-corrected chi connectivity index (χ4v) is 3.36. The van der Waals surface area contributed by atoms with Crippen LogP contribution < -0.4 is 10.5 Å². The van der Waals surface area contributed by atoms with Crippen LogP contribution in [-0.2, 0) is 16.8 Å². The van der Waals surface area contributed by atoms with Gasteiger partial charge in [0.25, 0.3) is 10.2 Å². The highest BCUT2D eigenvalue weighted by Gasteiger charge is 2.27. The summed E-state index contributed by atoms with van der Waals surface area (Å²) in [5.74, 6) is 0.866. The van der Waals surface area contributed by atoms with E-state index in [9.17, 15) is 8.42 Å². The van der Waals surface area contributed by atoms with Gasteiger partial charge < -0.3 is 10.7 Å². The van der Waals surface area contributed by atoms with Gasteiger partial charge in [0.1, 0.15) is 5.82 Å². The maximum atomic E-state index is 12.1. The minimum absolute atomic E-state index is 0.180. The molecule has 0 saturated carbocycles. The van der Waals surface area contributed by atoms with Gasteiger partial charge in [-0.2, -0.15) is 17.4 Å². The van der Waals surface area contributed by atoms with E-state index in [-0.39, 0.29) is 12.5 Å². The standard InChI is InChI=1S/C10H19N5O2S/c11-6-9-2-1-5-15(8-9)18(16,17)14-7-10-12-3-4-13-10/h3-4,9,14H,1-2,5-8,11H2,(H,12,13). The molecule has 8 heteroatoms. The van der Waals surface area contributed by atoms with Gasteiger partial charge in [-0.3, -0.25) is 0 Å². The van der Waals surface area contributed by atoms with Crippen LogP contribution in [0.3, 0.4) is 0 Å². The van der Waals surface area contributed by atoms with Crippen molar-refractivity contribution in [2.24, 2.45) is 11.7 Å². The van der Waals surface area contributed by atoms with Crippen LogP contribution in [0.4, 0.5) is 0 Å². The summed E-state index contributed by atoms with van der Waals surface area (Å²) in [6, 6.07) is 0. The molecule has 7 nitrogen and oxygen atoms in total. The Morgan fingerprint density at radius 1 is 1.61 bits per heavy atom. The Bertz CT molecular complexity index is 459. The molecule has 102 valence electrons. The zero-order valence-corrected chi connectivity index (χ0v) is 11.0. The predicted molar refractivity (Wildman–Crippen MR) is 67.7 cm³/mol. The Balaban J connectivity index is 1.93. The first kappa shape index (κ1) is 13.5. The van der Waals surface area contributed by atoms with Gasteiger partial charge in [0.2, 0.25) is 0 Å². The number of aromatic amines is 1. The molecule has 2 heterocycles. The largest absolute Gasteiger partial charge is 0.347 e. The lowest BCUT2D eigenvalue weighted by molar-refractivity contribution is 0.268. The zero-order valence-electron chi connectivity index (χ0n) is 10.2. The van der Waals surface area contributed by atoms with Crippen molar-refractivity contribution in [2.75, 3.05) is 19.6 Å². The fraction of sp³-hybridized carbons (Fsp3) is 0.700. The van der Waals surface area contributed by atoms with Crippen LogP contribution in [0.15, 0.2) is 12.4 Å². The van der Waals surface area contributed by atoms with Crippen LogP contribution >= 0.6 is 0 Å². The molecule has 0 spiro atoms. The predicted octanol–water partition coefficient (Wildman–Crippen LogP) is -0.585. The molecular weight excluding hydrogens is 254 g/mol. The molecule has 1 saturated heterocycles. The van der Waals surface area contributed by atoms with E-state index in [0.717, 1.165) is 12.8 Å². The molecule has 1 aliphatic heterocycles. The Morgan fingerprint density at radius 2 is 2.44 bits per heavy atom. The van der Waals surface area contributed by atoms with Crippen molar-refractivity contribution in [1.82, 2.24) is 19.0 Å². The summed E-state index contributed by atoms with van der Waals surface area (Å²) in [4.78, 5) is 6.83. The highest BCUT2D eigenvalue weighted by atomic mass is 32.2. The molecule has 0 bridgehead atoms. The molecule has 1 atom stereocenters. The van der Waals surface area contributed by atoms with E-state index in [4.69, 9.17) is 5.73 Å². The average Bonchev–Trinajstić information content (AvgIpc) is 2.90. The SMILES string of the molecule is NCC1CCCN(S(=O)(=O)NCc2ncc[nH]2)C1. The van der Waals surface area contributed by atoms with Crippen LogP contribution in [0.25, 0.3) is 0 Å². The number of piperidine rings is 1. The highest BCUT2D eigenvalue weighted by molar-refractivity contribution is 7.87. The molecule has 2 rings (SSSR count). The van der Waals surface area contributed by atoms with Crippen molar-refractivity contribution in [2.45, 2.75) is 19.4 Å². The number of aromatic nitrogens is 2. The molecule has 0 amide bonds. The number of hydrogen-bond acceptors (Lipinski definition) is 4. The highest BCUT2D eigenvalue weighted by Crippen LogP contribution is 2.17. The van der Waals surface area contributed by atoms with E-state index in [0.29, 0.717) is 25.5 Å². The molecule has 0 aromatic carbocycles. The lowest BCUT2D eigenvalue weighted by Gasteiger charge is -2.31. The third-order valence-corrected chi connectivity index (χ3v) is 4.65. The van der Waals surface area contributed by atoms with E-state index in [2.05, 4.69) is 14.7 Å². The maximum absolute atomic E-state index is 12.1. The summed E-state index contributed by atoms with van der Waals surface area (Å²) >= 11 is 0. The van der Waals surface area contributed by atoms with Crippen LogP contribution in [0.1, 0.15) is 18.7 Å². The van der Waals surface area contributed by atoms with Gasteiger partial charge >= 0.3 is 0 Å². The smallest absolute Gasteiger partial charge is 0.279 e. The number of H-pyrrole nitrogens is 1.